The van der Waals surface area contributed by atoms with Gasteiger partial charge in [0.1, 0.15) is 0 Å². The van der Waals surface area contributed by atoms with E-state index in [0.29, 0.717) is 10.8 Å². The van der Waals surface area contributed by atoms with Crippen LogP contribution in [-0.2, 0) is 11.2 Å². The van der Waals surface area contributed by atoms with Gasteiger partial charge in [-0.25, -0.2) is 4.98 Å². The number of nitrogens with zero attached hydrogens (tertiary/aromatic N) is 1. The monoisotopic (exact) mass is 284 g/mol. The fourth-order valence-electron chi connectivity index (χ4n) is 1.99. The van der Waals surface area contributed by atoms with Crippen molar-refractivity contribution in [3.8, 4) is 0 Å². The first-order valence-electron chi connectivity index (χ1n) is 6.13. The van der Waals surface area contributed by atoms with Gasteiger partial charge in [0.05, 0.1) is 12.1 Å². The first-order chi connectivity index (χ1) is 9.70. The summed E-state index contributed by atoms with van der Waals surface area (Å²) >= 11 is 1.41. The number of aliphatic carboxylic acids is 1. The number of hydrogen-bond acceptors (Lipinski definition) is 4. The summed E-state index contributed by atoms with van der Waals surface area (Å²) in [4.78, 5) is 14.9. The number of nitrogens with one attached hydrogen (secondary N) is 1. The summed E-state index contributed by atoms with van der Waals surface area (Å²) in [6, 6.07) is 14.2. The Morgan fingerprint density at radius 2 is 2.00 bits per heavy atom. The largest absolute Gasteiger partial charge is 0.481 e. The van der Waals surface area contributed by atoms with Gasteiger partial charge in [-0.05, 0) is 22.9 Å². The van der Waals surface area contributed by atoms with Crippen LogP contribution < -0.4 is 5.32 Å². The highest BCUT2D eigenvalue weighted by atomic mass is 32.1. The van der Waals surface area contributed by atoms with Gasteiger partial charge in [-0.2, -0.15) is 0 Å². The lowest BCUT2D eigenvalue weighted by atomic mass is 10.1. The number of fused-ring (bicyclic) bond motifs is 1. The van der Waals surface area contributed by atoms with Crippen LogP contribution in [0.5, 0.6) is 0 Å². The lowest BCUT2D eigenvalue weighted by molar-refractivity contribution is -0.136. The fourth-order valence-corrected chi connectivity index (χ4v) is 2.72. The molecule has 2 aromatic carbocycles. The van der Waals surface area contributed by atoms with Crippen LogP contribution >= 0.6 is 11.3 Å². The Bertz CT molecular complexity index is 767. The van der Waals surface area contributed by atoms with Crippen molar-refractivity contribution in [2.45, 2.75) is 6.42 Å². The number of benzene rings is 2. The molecule has 3 rings (SSSR count). The van der Waals surface area contributed by atoms with Gasteiger partial charge in [0.15, 0.2) is 5.13 Å². The van der Waals surface area contributed by atoms with Crippen molar-refractivity contribution in [3.63, 3.8) is 0 Å². The summed E-state index contributed by atoms with van der Waals surface area (Å²) in [5, 5.41) is 16.7. The van der Waals surface area contributed by atoms with Crippen molar-refractivity contribution in [1.29, 1.82) is 0 Å². The molecule has 0 amide bonds. The van der Waals surface area contributed by atoms with Crippen molar-refractivity contribution in [3.05, 3.63) is 53.5 Å². The minimum atomic E-state index is -0.868. The molecule has 0 saturated carbocycles. The van der Waals surface area contributed by atoms with Crippen molar-refractivity contribution < 1.29 is 9.90 Å². The highest BCUT2D eigenvalue weighted by molar-refractivity contribution is 7.13. The van der Waals surface area contributed by atoms with Crippen LogP contribution in [0.2, 0.25) is 0 Å². The second kappa shape index (κ2) is 5.30. The maximum atomic E-state index is 10.6. The van der Waals surface area contributed by atoms with Gasteiger partial charge in [0.25, 0.3) is 0 Å². The molecule has 0 aliphatic heterocycles. The smallest absolute Gasteiger partial charge is 0.309 e. The van der Waals surface area contributed by atoms with Crippen LogP contribution in [0.3, 0.4) is 0 Å². The molecule has 0 spiro atoms. The summed E-state index contributed by atoms with van der Waals surface area (Å²) in [6.07, 6.45) is -0.0457. The van der Waals surface area contributed by atoms with Crippen molar-refractivity contribution in [2.75, 3.05) is 5.32 Å². The van der Waals surface area contributed by atoms with Crippen molar-refractivity contribution in [2.24, 2.45) is 0 Å². The van der Waals surface area contributed by atoms with E-state index in [9.17, 15) is 4.79 Å². The van der Waals surface area contributed by atoms with Crippen LogP contribution in [0.25, 0.3) is 10.8 Å². The van der Waals surface area contributed by atoms with E-state index < -0.39 is 5.97 Å². The van der Waals surface area contributed by atoms with Crippen LogP contribution in [0.1, 0.15) is 5.69 Å². The first-order valence-corrected chi connectivity index (χ1v) is 7.01. The van der Waals surface area contributed by atoms with Crippen molar-refractivity contribution >= 4 is 38.9 Å². The number of hydrogen-bond donors (Lipinski definition) is 2. The van der Waals surface area contributed by atoms with Crippen LogP contribution in [0, 0.1) is 0 Å². The van der Waals surface area contributed by atoms with Gasteiger partial charge in [0, 0.05) is 11.1 Å². The van der Waals surface area contributed by atoms with Gasteiger partial charge >= 0.3 is 5.97 Å². The minimum Gasteiger partial charge on any atom is -0.481 e. The highest BCUT2D eigenvalue weighted by Crippen LogP contribution is 2.24. The van der Waals surface area contributed by atoms with E-state index in [0.717, 1.165) is 11.1 Å². The van der Waals surface area contributed by atoms with Crippen molar-refractivity contribution in [1.82, 2.24) is 4.98 Å². The van der Waals surface area contributed by atoms with Gasteiger partial charge in [-0.1, -0.05) is 30.3 Å². The predicted octanol–water partition coefficient (Wildman–Crippen LogP) is 3.67. The quantitative estimate of drug-likeness (QED) is 0.767. The number of aromatic nitrogens is 1. The summed E-state index contributed by atoms with van der Waals surface area (Å²) in [5.41, 5.74) is 1.52. The normalized spacial score (nSPS) is 10.6. The molecule has 0 atom stereocenters. The van der Waals surface area contributed by atoms with E-state index in [1.807, 2.05) is 30.3 Å². The molecule has 1 aromatic heterocycles. The molecule has 5 heteroatoms. The number of carbonyl (C=O) groups is 1. The zero-order chi connectivity index (χ0) is 13.9. The second-order valence-electron chi connectivity index (χ2n) is 4.40. The number of thiazole rings is 1. The molecule has 0 saturated heterocycles. The molecule has 0 radical (unpaired) electrons. The topological polar surface area (TPSA) is 62.2 Å². The summed E-state index contributed by atoms with van der Waals surface area (Å²) in [6.45, 7) is 0. The maximum Gasteiger partial charge on any atom is 0.309 e. The standard InChI is InChI=1S/C15H12N2O2S/c18-14(19)8-13-9-20-15(17-13)16-12-6-5-10-3-1-2-4-11(10)7-12/h1-7,9H,8H2,(H,16,17)(H,18,19). The van der Waals surface area contributed by atoms with E-state index in [2.05, 4.69) is 22.4 Å². The van der Waals surface area contributed by atoms with E-state index >= 15 is 0 Å². The Labute approximate surface area is 119 Å². The Kier molecular flexibility index (Phi) is 3.35. The zero-order valence-corrected chi connectivity index (χ0v) is 11.4. The molecular weight excluding hydrogens is 272 g/mol. The Hall–Kier alpha value is -2.40. The molecule has 20 heavy (non-hydrogen) atoms. The molecule has 0 fully saturated rings. The SMILES string of the molecule is O=C(O)Cc1csc(Nc2ccc3ccccc3c2)n1. The summed E-state index contributed by atoms with van der Waals surface area (Å²) < 4.78 is 0. The van der Waals surface area contributed by atoms with E-state index in [4.69, 9.17) is 5.11 Å². The first kappa shape index (κ1) is 12.6. The summed E-state index contributed by atoms with van der Waals surface area (Å²) in [5.74, 6) is -0.868. The highest BCUT2D eigenvalue weighted by Gasteiger charge is 2.06. The van der Waals surface area contributed by atoms with Gasteiger partial charge in [-0.15, -0.1) is 11.3 Å². The van der Waals surface area contributed by atoms with Gasteiger partial charge in [0.2, 0.25) is 0 Å². The molecule has 1 heterocycles. The van der Waals surface area contributed by atoms with E-state index in [1.165, 1.54) is 16.7 Å². The molecule has 3 aromatic rings. The van der Waals surface area contributed by atoms with Crippen LogP contribution in [0.4, 0.5) is 10.8 Å². The molecule has 0 unspecified atom stereocenters. The maximum absolute atomic E-state index is 10.6. The second-order valence-corrected chi connectivity index (χ2v) is 5.26. The molecule has 4 nitrogen and oxygen atoms in total. The Morgan fingerprint density at radius 3 is 2.80 bits per heavy atom. The van der Waals surface area contributed by atoms with Crippen LogP contribution in [0.15, 0.2) is 47.8 Å². The van der Waals surface area contributed by atoms with Gasteiger partial charge in [-0.3, -0.25) is 4.79 Å². The average molecular weight is 284 g/mol. The Morgan fingerprint density at radius 1 is 1.20 bits per heavy atom. The summed E-state index contributed by atoms with van der Waals surface area (Å²) in [7, 11) is 0. The predicted molar refractivity (Wildman–Crippen MR) is 80.7 cm³/mol. The van der Waals surface area contributed by atoms with E-state index in [1.54, 1.807) is 5.38 Å². The fraction of sp³-hybridized carbons (Fsp3) is 0.0667. The minimum absolute atomic E-state index is 0.0457. The molecule has 0 aliphatic carbocycles. The molecule has 0 aliphatic rings. The number of anilines is 2. The third kappa shape index (κ3) is 2.78. The third-order valence-electron chi connectivity index (χ3n) is 2.88. The lowest BCUT2D eigenvalue weighted by Gasteiger charge is -2.04. The molecule has 2 N–H and O–H groups in total. The number of rotatable bonds is 4. The zero-order valence-electron chi connectivity index (χ0n) is 10.5. The molecule has 0 bridgehead atoms. The number of carboxylic acid groups (broad SMARTS) is 1. The van der Waals surface area contributed by atoms with Crippen LogP contribution in [-0.4, -0.2) is 16.1 Å². The number of carboxylic acids is 1. The average Bonchev–Trinajstić information content (AvgIpc) is 2.85. The molecule has 100 valence electrons. The van der Waals surface area contributed by atoms with Gasteiger partial charge < -0.3 is 10.4 Å². The molecular formula is C15H12N2O2S. The van der Waals surface area contributed by atoms with E-state index in [-0.39, 0.29) is 6.42 Å². The Balaban J connectivity index is 1.81. The third-order valence-corrected chi connectivity index (χ3v) is 3.69. The lowest BCUT2D eigenvalue weighted by Crippen LogP contribution is -2.00.